The number of fused-ring (bicyclic) bond motifs is 3. The predicted molar refractivity (Wildman–Crippen MR) is 92.4 cm³/mol. The minimum Gasteiger partial charge on any atom is -0.357 e. The van der Waals surface area contributed by atoms with Gasteiger partial charge in [-0.1, -0.05) is 18.6 Å². The number of piperidine rings is 1. The Hall–Kier alpha value is -1.32. The van der Waals surface area contributed by atoms with Crippen LogP contribution in [0.5, 0.6) is 0 Å². The molecular formula is C19H27N3. The third-order valence-electron chi connectivity index (χ3n) is 5.39. The monoisotopic (exact) mass is 297 g/mol. The second-order valence-corrected chi connectivity index (χ2v) is 7.01. The molecule has 1 fully saturated rings. The summed E-state index contributed by atoms with van der Waals surface area (Å²) in [6.45, 7) is 7.10. The number of nitrogens with one attached hydrogen (secondary N) is 2. The zero-order valence-corrected chi connectivity index (χ0v) is 13.6. The van der Waals surface area contributed by atoms with E-state index in [0.717, 1.165) is 13.0 Å². The van der Waals surface area contributed by atoms with Crippen LogP contribution < -0.4 is 5.32 Å². The van der Waals surface area contributed by atoms with E-state index in [1.807, 2.05) is 0 Å². The van der Waals surface area contributed by atoms with Crippen LogP contribution in [0.1, 0.15) is 48.5 Å². The molecule has 3 nitrogen and oxygen atoms in total. The largest absolute Gasteiger partial charge is 0.357 e. The number of hydrogen-bond donors (Lipinski definition) is 2. The highest BCUT2D eigenvalue weighted by Gasteiger charge is 2.24. The Bertz CT molecular complexity index is 652. The van der Waals surface area contributed by atoms with Crippen molar-refractivity contribution in [3.05, 3.63) is 35.0 Å². The minimum absolute atomic E-state index is 0.499. The summed E-state index contributed by atoms with van der Waals surface area (Å²) in [4.78, 5) is 6.36. The molecule has 2 aliphatic rings. The van der Waals surface area contributed by atoms with Gasteiger partial charge in [-0.2, -0.15) is 0 Å². The van der Waals surface area contributed by atoms with E-state index in [2.05, 4.69) is 40.3 Å². The van der Waals surface area contributed by atoms with Gasteiger partial charge in [0.15, 0.2) is 0 Å². The van der Waals surface area contributed by atoms with Crippen LogP contribution in [0.25, 0.3) is 10.9 Å². The van der Waals surface area contributed by atoms with E-state index in [1.165, 1.54) is 67.5 Å². The molecule has 0 aliphatic carbocycles. The third kappa shape index (κ3) is 2.68. The van der Waals surface area contributed by atoms with E-state index in [9.17, 15) is 0 Å². The Morgan fingerprint density at radius 2 is 2.05 bits per heavy atom. The van der Waals surface area contributed by atoms with Gasteiger partial charge in [-0.25, -0.2) is 0 Å². The van der Waals surface area contributed by atoms with Crippen LogP contribution in [-0.4, -0.2) is 36.1 Å². The van der Waals surface area contributed by atoms with Crippen molar-refractivity contribution in [3.8, 4) is 0 Å². The third-order valence-corrected chi connectivity index (χ3v) is 5.39. The molecule has 4 rings (SSSR count). The van der Waals surface area contributed by atoms with Crippen LogP contribution in [0.3, 0.4) is 0 Å². The van der Waals surface area contributed by atoms with Gasteiger partial charge >= 0.3 is 0 Å². The molecule has 118 valence electrons. The van der Waals surface area contributed by atoms with E-state index in [0.29, 0.717) is 6.04 Å². The number of aromatic nitrogens is 1. The standard InChI is InChI=1S/C19H27N3/c1-14-5-6-15-16-7-9-20-17(19(16)21-18(15)13-14)8-12-22-10-3-2-4-11-22/h5-6,13,17,20-21H,2-4,7-12H2,1H3/t17-/m1/s1. The van der Waals surface area contributed by atoms with Crippen molar-refractivity contribution in [2.45, 2.75) is 45.1 Å². The number of hydrogen-bond acceptors (Lipinski definition) is 2. The summed E-state index contributed by atoms with van der Waals surface area (Å²) < 4.78 is 0. The molecule has 0 unspecified atom stereocenters. The quantitative estimate of drug-likeness (QED) is 0.908. The number of aromatic amines is 1. The first-order valence-corrected chi connectivity index (χ1v) is 8.88. The van der Waals surface area contributed by atoms with Crippen LogP contribution in [-0.2, 0) is 6.42 Å². The van der Waals surface area contributed by atoms with Crippen molar-refractivity contribution in [2.24, 2.45) is 0 Å². The molecule has 1 saturated heterocycles. The average molecular weight is 297 g/mol. The SMILES string of the molecule is Cc1ccc2c3c([nH]c2c1)[C@@H](CCN1CCCCC1)NCC3. The van der Waals surface area contributed by atoms with Gasteiger partial charge in [0, 0.05) is 22.6 Å². The van der Waals surface area contributed by atoms with Crippen molar-refractivity contribution in [1.29, 1.82) is 0 Å². The molecule has 0 amide bonds. The molecular weight excluding hydrogens is 270 g/mol. The Kier molecular flexibility index (Phi) is 3.93. The van der Waals surface area contributed by atoms with Gasteiger partial charge < -0.3 is 15.2 Å². The maximum atomic E-state index is 3.73. The summed E-state index contributed by atoms with van der Waals surface area (Å²) >= 11 is 0. The predicted octanol–water partition coefficient (Wildman–Crippen LogP) is 3.54. The zero-order valence-electron chi connectivity index (χ0n) is 13.6. The van der Waals surface area contributed by atoms with Gasteiger partial charge in [-0.3, -0.25) is 0 Å². The Morgan fingerprint density at radius 1 is 1.18 bits per heavy atom. The van der Waals surface area contributed by atoms with Crippen LogP contribution in [0.2, 0.25) is 0 Å². The second-order valence-electron chi connectivity index (χ2n) is 7.01. The summed E-state index contributed by atoms with van der Waals surface area (Å²) in [5, 5.41) is 5.17. The molecule has 3 heteroatoms. The number of benzene rings is 1. The molecule has 1 atom stereocenters. The molecule has 22 heavy (non-hydrogen) atoms. The highest BCUT2D eigenvalue weighted by molar-refractivity contribution is 5.85. The molecule has 0 radical (unpaired) electrons. The minimum atomic E-state index is 0.499. The number of H-pyrrole nitrogens is 1. The topological polar surface area (TPSA) is 31.1 Å². The van der Waals surface area contributed by atoms with E-state index >= 15 is 0 Å². The van der Waals surface area contributed by atoms with E-state index in [4.69, 9.17) is 0 Å². The summed E-state index contributed by atoms with van der Waals surface area (Å²) in [6, 6.07) is 7.32. The first kappa shape index (κ1) is 14.3. The van der Waals surface area contributed by atoms with Gasteiger partial charge in [0.1, 0.15) is 0 Å². The van der Waals surface area contributed by atoms with Crippen LogP contribution in [0.4, 0.5) is 0 Å². The Morgan fingerprint density at radius 3 is 2.91 bits per heavy atom. The molecule has 0 bridgehead atoms. The second kappa shape index (κ2) is 6.05. The van der Waals surface area contributed by atoms with E-state index in [1.54, 1.807) is 5.56 Å². The van der Waals surface area contributed by atoms with Crippen molar-refractivity contribution in [2.75, 3.05) is 26.2 Å². The van der Waals surface area contributed by atoms with Crippen molar-refractivity contribution >= 4 is 10.9 Å². The van der Waals surface area contributed by atoms with Gasteiger partial charge in [-0.15, -0.1) is 0 Å². The van der Waals surface area contributed by atoms with E-state index < -0.39 is 0 Å². The molecule has 0 saturated carbocycles. The normalized spacial score (nSPS) is 22.9. The first-order chi connectivity index (χ1) is 10.8. The molecule has 2 aliphatic heterocycles. The van der Waals surface area contributed by atoms with Gasteiger partial charge in [0.05, 0.1) is 0 Å². The molecule has 2 N–H and O–H groups in total. The van der Waals surface area contributed by atoms with Crippen LogP contribution >= 0.6 is 0 Å². The van der Waals surface area contributed by atoms with Gasteiger partial charge in [0.2, 0.25) is 0 Å². The summed E-state index contributed by atoms with van der Waals surface area (Å²) in [6.07, 6.45) is 6.56. The molecule has 3 heterocycles. The molecule has 1 aromatic heterocycles. The summed E-state index contributed by atoms with van der Waals surface area (Å²) in [5.41, 5.74) is 5.65. The maximum Gasteiger partial charge on any atom is 0.0488 e. The number of likely N-dealkylation sites (tertiary alicyclic amines) is 1. The fourth-order valence-electron chi connectivity index (χ4n) is 4.17. The lowest BCUT2D eigenvalue weighted by molar-refractivity contribution is 0.215. The smallest absolute Gasteiger partial charge is 0.0488 e. The summed E-state index contributed by atoms with van der Waals surface area (Å²) in [7, 11) is 0. The highest BCUT2D eigenvalue weighted by atomic mass is 15.1. The fraction of sp³-hybridized carbons (Fsp3) is 0.579. The van der Waals surface area contributed by atoms with Gasteiger partial charge in [-0.05, 0) is 76.0 Å². The summed E-state index contributed by atoms with van der Waals surface area (Å²) in [5.74, 6) is 0. The molecule has 0 spiro atoms. The number of aryl methyl sites for hydroxylation is 1. The number of rotatable bonds is 3. The lowest BCUT2D eigenvalue weighted by atomic mass is 9.96. The average Bonchev–Trinajstić information content (AvgIpc) is 2.92. The zero-order chi connectivity index (χ0) is 14.9. The Labute approximate surface area is 133 Å². The fourth-order valence-corrected chi connectivity index (χ4v) is 4.17. The highest BCUT2D eigenvalue weighted by Crippen LogP contribution is 2.32. The van der Waals surface area contributed by atoms with Gasteiger partial charge in [0.25, 0.3) is 0 Å². The van der Waals surface area contributed by atoms with Crippen molar-refractivity contribution < 1.29 is 0 Å². The first-order valence-electron chi connectivity index (χ1n) is 8.88. The number of nitrogens with zero attached hydrogens (tertiary/aromatic N) is 1. The lowest BCUT2D eigenvalue weighted by Gasteiger charge is -2.30. The van der Waals surface area contributed by atoms with Crippen molar-refractivity contribution in [3.63, 3.8) is 0 Å². The maximum absolute atomic E-state index is 3.73. The van der Waals surface area contributed by atoms with Crippen LogP contribution in [0, 0.1) is 6.92 Å². The Balaban J connectivity index is 1.54. The molecule has 2 aromatic rings. The van der Waals surface area contributed by atoms with Crippen molar-refractivity contribution in [1.82, 2.24) is 15.2 Å². The van der Waals surface area contributed by atoms with E-state index in [-0.39, 0.29) is 0 Å². The van der Waals surface area contributed by atoms with Crippen LogP contribution in [0.15, 0.2) is 18.2 Å². The lowest BCUT2D eigenvalue weighted by Crippen LogP contribution is -2.35. The molecule has 1 aromatic carbocycles.